The van der Waals surface area contributed by atoms with Crippen LogP contribution in [0.3, 0.4) is 0 Å². The van der Waals surface area contributed by atoms with E-state index in [9.17, 15) is 14.7 Å². The minimum absolute atomic E-state index is 0. The van der Waals surface area contributed by atoms with E-state index in [4.69, 9.17) is 11.6 Å². The van der Waals surface area contributed by atoms with Crippen molar-refractivity contribution in [1.82, 2.24) is 4.90 Å². The van der Waals surface area contributed by atoms with Gasteiger partial charge in [0, 0.05) is 12.0 Å². The zero-order chi connectivity index (χ0) is 15.0. The Labute approximate surface area is 146 Å². The van der Waals surface area contributed by atoms with Gasteiger partial charge in [-0.3, -0.25) is 14.7 Å². The first-order valence-corrected chi connectivity index (χ1v) is 8.47. The molecular formula is C12H15BrCl2N2O3S. The molecule has 0 spiro atoms. The van der Waals surface area contributed by atoms with E-state index >= 15 is 0 Å². The van der Waals surface area contributed by atoms with Crippen molar-refractivity contribution < 1.29 is 14.7 Å². The van der Waals surface area contributed by atoms with Crippen LogP contribution in [0.2, 0.25) is 0 Å². The van der Waals surface area contributed by atoms with Crippen molar-refractivity contribution in [2.24, 2.45) is 10.9 Å². The summed E-state index contributed by atoms with van der Waals surface area (Å²) in [5.74, 6) is -0.678. The Morgan fingerprint density at radius 3 is 2.71 bits per heavy atom. The smallest absolute Gasteiger partial charge is 0.352 e. The highest BCUT2D eigenvalue weighted by Gasteiger charge is 2.53. The lowest BCUT2D eigenvalue weighted by atomic mass is 10.0. The van der Waals surface area contributed by atoms with Crippen LogP contribution in [0.25, 0.3) is 0 Å². The van der Waals surface area contributed by atoms with E-state index in [0.29, 0.717) is 11.3 Å². The van der Waals surface area contributed by atoms with Crippen molar-refractivity contribution in [1.29, 1.82) is 0 Å². The van der Waals surface area contributed by atoms with Crippen molar-refractivity contribution >= 4 is 69.8 Å². The molecular weight excluding hydrogens is 403 g/mol. The average molecular weight is 418 g/mol. The lowest BCUT2D eigenvalue weighted by Crippen LogP contribution is -2.64. The fraction of sp³-hybridized carbons (Fsp3) is 0.583. The predicted octanol–water partition coefficient (Wildman–Crippen LogP) is 2.72. The van der Waals surface area contributed by atoms with E-state index in [1.165, 1.54) is 16.7 Å². The van der Waals surface area contributed by atoms with E-state index in [1.807, 2.05) is 13.8 Å². The topological polar surface area (TPSA) is 70.0 Å². The third kappa shape index (κ3) is 3.57. The number of carbonyl (C=O) groups is 2. The highest BCUT2D eigenvalue weighted by molar-refractivity contribution is 9.10. The van der Waals surface area contributed by atoms with Gasteiger partial charge in [-0.1, -0.05) is 29.8 Å². The summed E-state index contributed by atoms with van der Waals surface area (Å²) in [7, 11) is 0. The summed E-state index contributed by atoms with van der Waals surface area (Å²) in [4.78, 5) is 29.1. The quantitative estimate of drug-likeness (QED) is 0.433. The summed E-state index contributed by atoms with van der Waals surface area (Å²) < 4.78 is -0.590. The summed E-state index contributed by atoms with van der Waals surface area (Å²) in [6.45, 7) is 3.95. The van der Waals surface area contributed by atoms with Gasteiger partial charge in [0.25, 0.3) is 5.91 Å². The summed E-state index contributed by atoms with van der Waals surface area (Å²) in [6, 6.07) is -0.484. The van der Waals surface area contributed by atoms with Crippen LogP contribution in [0.5, 0.6) is 0 Å². The molecule has 0 aromatic carbocycles. The Morgan fingerprint density at radius 1 is 1.62 bits per heavy atom. The highest BCUT2D eigenvalue weighted by Crippen LogP contribution is 2.43. The third-order valence-electron chi connectivity index (χ3n) is 2.98. The summed E-state index contributed by atoms with van der Waals surface area (Å²) in [5, 5.41) is 9.08. The van der Waals surface area contributed by atoms with Crippen LogP contribution in [-0.4, -0.2) is 49.6 Å². The molecule has 1 unspecified atom stereocenters. The van der Waals surface area contributed by atoms with Gasteiger partial charge < -0.3 is 5.11 Å². The molecule has 1 amide bonds. The van der Waals surface area contributed by atoms with Gasteiger partial charge in [0.05, 0.1) is 0 Å². The van der Waals surface area contributed by atoms with Gasteiger partial charge >= 0.3 is 5.97 Å². The van der Waals surface area contributed by atoms with Crippen molar-refractivity contribution in [2.45, 2.75) is 29.5 Å². The molecule has 0 saturated carbocycles. The maximum atomic E-state index is 12.1. The molecule has 9 heteroatoms. The fourth-order valence-electron chi connectivity index (χ4n) is 2.06. The lowest BCUT2D eigenvalue weighted by Gasteiger charge is -2.48. The first-order chi connectivity index (χ1) is 9.34. The first-order valence-electron chi connectivity index (χ1n) is 6.07. The van der Waals surface area contributed by atoms with Gasteiger partial charge in [-0.05, 0) is 11.5 Å². The molecule has 2 aliphatic heterocycles. The number of carbonyl (C=O) groups excluding carboxylic acids is 1. The number of aliphatic imine (C=N–C) groups is 1. The normalized spacial score (nSPS) is 26.5. The van der Waals surface area contributed by atoms with Crippen LogP contribution >= 0.6 is 51.7 Å². The summed E-state index contributed by atoms with van der Waals surface area (Å²) in [6.07, 6.45) is 1.73. The number of carboxylic acid groups (broad SMARTS) is 1. The van der Waals surface area contributed by atoms with E-state index in [0.717, 1.165) is 0 Å². The molecule has 0 aliphatic carbocycles. The summed E-state index contributed by atoms with van der Waals surface area (Å²) in [5.41, 5.74) is 0.506. The van der Waals surface area contributed by atoms with Crippen LogP contribution in [-0.2, 0) is 9.59 Å². The Balaban J connectivity index is 0.00000220. The molecule has 118 valence electrons. The largest absolute Gasteiger partial charge is 0.477 e. The molecule has 21 heavy (non-hydrogen) atoms. The lowest BCUT2D eigenvalue weighted by molar-refractivity contribution is -0.147. The standard InChI is InChI=1S/C12H14BrClN2O3S.ClH/c1-5(2)3-15-7-10(17)16-8(12(18)19)6(9(13)14)4-20-11(7)16;/h3,5,7,9,11H,4H2,1-2H3,(H,18,19);1H/t7-,9?,11+;/m1./s1. The maximum Gasteiger partial charge on any atom is 0.352 e. The molecule has 2 heterocycles. The van der Waals surface area contributed by atoms with Gasteiger partial charge in [0.15, 0.2) is 6.04 Å². The number of alkyl halides is 2. The number of aliphatic carboxylic acids is 1. The Hall–Kier alpha value is -0.240. The number of nitrogens with zero attached hydrogens (tertiary/aromatic N) is 2. The van der Waals surface area contributed by atoms with E-state index in [2.05, 4.69) is 20.9 Å². The van der Waals surface area contributed by atoms with Crippen molar-refractivity contribution in [2.75, 3.05) is 5.75 Å². The molecule has 1 N–H and O–H groups in total. The first kappa shape index (κ1) is 18.8. The van der Waals surface area contributed by atoms with Crippen LogP contribution in [0, 0.1) is 5.92 Å². The zero-order valence-corrected chi connectivity index (χ0v) is 15.3. The SMILES string of the molecule is CC(C)C=N[C@@H]1C(=O)N2C(C(=O)O)=C(C(Cl)Br)CS[C@@H]12.Cl. The fourth-order valence-corrected chi connectivity index (χ4v) is 4.31. The van der Waals surface area contributed by atoms with Gasteiger partial charge in [-0.25, -0.2) is 4.79 Å². The van der Waals surface area contributed by atoms with Crippen molar-refractivity contribution in [3.8, 4) is 0 Å². The summed E-state index contributed by atoms with van der Waals surface area (Å²) >= 11 is 10.6. The highest BCUT2D eigenvalue weighted by atomic mass is 79.9. The third-order valence-corrected chi connectivity index (χ3v) is 5.08. The van der Waals surface area contributed by atoms with Gasteiger partial charge in [0.1, 0.15) is 15.4 Å². The van der Waals surface area contributed by atoms with Crippen molar-refractivity contribution in [3.63, 3.8) is 0 Å². The monoisotopic (exact) mass is 416 g/mol. The molecule has 5 nitrogen and oxygen atoms in total. The van der Waals surface area contributed by atoms with Gasteiger partial charge in [-0.2, -0.15) is 0 Å². The van der Waals surface area contributed by atoms with E-state index in [1.54, 1.807) is 6.21 Å². The number of fused-ring (bicyclic) bond motifs is 1. The number of thioether (sulfide) groups is 1. The van der Waals surface area contributed by atoms with Gasteiger partial charge in [-0.15, -0.1) is 35.8 Å². The molecule has 2 aliphatic rings. The number of hydrogen-bond acceptors (Lipinski definition) is 4. The number of carboxylic acids is 1. The second kappa shape index (κ2) is 7.35. The molecule has 3 atom stereocenters. The number of β-lactam (4-membered cyclic amide) rings is 1. The zero-order valence-electron chi connectivity index (χ0n) is 11.3. The number of halogens is 3. The minimum Gasteiger partial charge on any atom is -0.477 e. The molecule has 1 fully saturated rings. The Bertz CT molecular complexity index is 511. The number of amides is 1. The second-order valence-corrected chi connectivity index (χ2v) is 7.86. The second-order valence-electron chi connectivity index (χ2n) is 4.88. The van der Waals surface area contributed by atoms with Crippen LogP contribution in [0.15, 0.2) is 16.3 Å². The average Bonchev–Trinajstić information content (AvgIpc) is 2.36. The Kier molecular flexibility index (Phi) is 6.58. The molecule has 0 aromatic rings. The number of hydrogen-bond donors (Lipinski definition) is 1. The predicted molar refractivity (Wildman–Crippen MR) is 90.7 cm³/mol. The molecule has 0 aromatic heterocycles. The molecule has 0 bridgehead atoms. The van der Waals surface area contributed by atoms with Gasteiger partial charge in [0.2, 0.25) is 0 Å². The Morgan fingerprint density at radius 2 is 2.24 bits per heavy atom. The molecule has 1 saturated heterocycles. The van der Waals surface area contributed by atoms with Crippen LogP contribution in [0.1, 0.15) is 13.8 Å². The molecule has 0 radical (unpaired) electrons. The van der Waals surface area contributed by atoms with Crippen LogP contribution < -0.4 is 0 Å². The van der Waals surface area contributed by atoms with Crippen LogP contribution in [0.4, 0.5) is 0 Å². The molecule has 2 rings (SSSR count). The van der Waals surface area contributed by atoms with Crippen molar-refractivity contribution in [3.05, 3.63) is 11.3 Å². The number of rotatable bonds is 4. The minimum atomic E-state index is -1.13. The van der Waals surface area contributed by atoms with E-state index in [-0.39, 0.29) is 35.3 Å². The maximum absolute atomic E-state index is 12.1. The van der Waals surface area contributed by atoms with E-state index < -0.39 is 16.3 Å².